The summed E-state index contributed by atoms with van der Waals surface area (Å²) >= 11 is 0. The van der Waals surface area contributed by atoms with Crippen molar-refractivity contribution in [1.29, 1.82) is 0 Å². The average Bonchev–Trinajstić information content (AvgIpc) is 2.06. The molecular weight excluding hydrogens is 170 g/mol. The molecule has 0 aliphatic heterocycles. The van der Waals surface area contributed by atoms with Gasteiger partial charge in [-0.1, -0.05) is 36.4 Å². The van der Waals surface area contributed by atoms with Crippen LogP contribution in [0.4, 0.5) is 0 Å². The van der Waals surface area contributed by atoms with Crippen molar-refractivity contribution in [2.24, 2.45) is 5.73 Å². The molecule has 1 rings (SSSR count). The molecule has 2 heteroatoms. The summed E-state index contributed by atoms with van der Waals surface area (Å²) < 4.78 is 0. The van der Waals surface area contributed by atoms with Gasteiger partial charge in [-0.05, 0) is 18.1 Å². The molecule has 0 heterocycles. The summed E-state index contributed by atoms with van der Waals surface area (Å²) in [6.45, 7) is 2.62. The third-order valence-electron chi connectivity index (χ3n) is 1.62. The lowest BCUT2D eigenvalue weighted by Crippen LogP contribution is -1.97. The monoisotopic (exact) mass is 183 g/mol. The van der Waals surface area contributed by atoms with Crippen LogP contribution in [0.25, 0.3) is 6.08 Å². The van der Waals surface area contributed by atoms with E-state index < -0.39 is 0 Å². The Morgan fingerprint density at radius 2 is 2.00 bits per heavy atom. The van der Waals surface area contributed by atoms with Crippen LogP contribution in [0.2, 0.25) is 0 Å². The highest BCUT2D eigenvalue weighted by Gasteiger charge is 1.92. The van der Waals surface area contributed by atoms with E-state index in [0.29, 0.717) is 6.54 Å². The van der Waals surface area contributed by atoms with E-state index in [2.05, 4.69) is 18.2 Å². The van der Waals surface area contributed by atoms with Crippen LogP contribution in [0.5, 0.6) is 0 Å². The van der Waals surface area contributed by atoms with Gasteiger partial charge in [0.05, 0.1) is 0 Å². The lowest BCUT2D eigenvalue weighted by molar-refractivity contribution is 1.07. The van der Waals surface area contributed by atoms with E-state index in [0.717, 1.165) is 0 Å². The SMILES string of the molecule is CC=Cc1ccccc1CN.Cl. The van der Waals surface area contributed by atoms with Crippen LogP contribution in [0, 0.1) is 0 Å². The van der Waals surface area contributed by atoms with Crippen molar-refractivity contribution in [1.82, 2.24) is 0 Å². The molecule has 12 heavy (non-hydrogen) atoms. The summed E-state index contributed by atoms with van der Waals surface area (Å²) in [5.74, 6) is 0. The van der Waals surface area contributed by atoms with E-state index in [-0.39, 0.29) is 12.4 Å². The Morgan fingerprint density at radius 1 is 1.33 bits per heavy atom. The van der Waals surface area contributed by atoms with Gasteiger partial charge in [0.1, 0.15) is 0 Å². The Labute approximate surface area is 79.7 Å². The zero-order chi connectivity index (χ0) is 8.10. The molecule has 0 aromatic heterocycles. The van der Waals surface area contributed by atoms with Gasteiger partial charge in [-0.15, -0.1) is 12.4 Å². The molecule has 1 aromatic rings. The first-order valence-electron chi connectivity index (χ1n) is 3.79. The van der Waals surface area contributed by atoms with E-state index >= 15 is 0 Å². The molecule has 0 spiro atoms. The fourth-order valence-electron chi connectivity index (χ4n) is 1.06. The Kier molecular flexibility index (Phi) is 5.43. The number of benzene rings is 1. The van der Waals surface area contributed by atoms with E-state index in [1.54, 1.807) is 0 Å². The second kappa shape index (κ2) is 5.81. The van der Waals surface area contributed by atoms with Gasteiger partial charge in [-0.2, -0.15) is 0 Å². The lowest BCUT2D eigenvalue weighted by Gasteiger charge is -2.00. The van der Waals surface area contributed by atoms with Crippen LogP contribution in [-0.4, -0.2) is 0 Å². The van der Waals surface area contributed by atoms with Crippen LogP contribution >= 0.6 is 12.4 Å². The molecule has 0 radical (unpaired) electrons. The van der Waals surface area contributed by atoms with Crippen LogP contribution < -0.4 is 5.73 Å². The van der Waals surface area contributed by atoms with Crippen LogP contribution in [0.3, 0.4) is 0 Å². The minimum Gasteiger partial charge on any atom is -0.326 e. The molecule has 0 aliphatic rings. The first kappa shape index (κ1) is 11.2. The molecule has 0 fully saturated rings. The highest BCUT2D eigenvalue weighted by Crippen LogP contribution is 2.09. The van der Waals surface area contributed by atoms with Crippen LogP contribution in [-0.2, 0) is 6.54 Å². The lowest BCUT2D eigenvalue weighted by atomic mass is 10.1. The Morgan fingerprint density at radius 3 is 2.58 bits per heavy atom. The summed E-state index contributed by atoms with van der Waals surface area (Å²) in [6, 6.07) is 8.15. The number of allylic oxidation sites excluding steroid dienone is 1. The van der Waals surface area contributed by atoms with Crippen molar-refractivity contribution in [3.8, 4) is 0 Å². The largest absolute Gasteiger partial charge is 0.326 e. The summed E-state index contributed by atoms with van der Waals surface area (Å²) in [4.78, 5) is 0. The third-order valence-corrected chi connectivity index (χ3v) is 1.62. The Balaban J connectivity index is 0.00000121. The molecule has 0 aliphatic carbocycles. The quantitative estimate of drug-likeness (QED) is 0.750. The van der Waals surface area contributed by atoms with Crippen molar-refractivity contribution in [3.63, 3.8) is 0 Å². The topological polar surface area (TPSA) is 26.0 Å². The average molecular weight is 184 g/mol. The smallest absolute Gasteiger partial charge is 0.0184 e. The first-order chi connectivity index (χ1) is 5.38. The molecule has 0 atom stereocenters. The predicted octanol–water partition coefficient (Wildman–Crippen LogP) is 2.60. The van der Waals surface area contributed by atoms with Crippen molar-refractivity contribution in [2.45, 2.75) is 13.5 Å². The maximum absolute atomic E-state index is 5.55. The maximum atomic E-state index is 5.55. The molecule has 0 saturated heterocycles. The van der Waals surface area contributed by atoms with E-state index in [4.69, 9.17) is 5.73 Å². The van der Waals surface area contributed by atoms with Crippen molar-refractivity contribution in [2.75, 3.05) is 0 Å². The highest BCUT2D eigenvalue weighted by atomic mass is 35.5. The third kappa shape index (κ3) is 2.68. The van der Waals surface area contributed by atoms with Gasteiger partial charge < -0.3 is 5.73 Å². The molecule has 2 N–H and O–H groups in total. The number of nitrogens with two attached hydrogens (primary N) is 1. The van der Waals surface area contributed by atoms with Gasteiger partial charge in [0.25, 0.3) is 0 Å². The molecule has 0 amide bonds. The van der Waals surface area contributed by atoms with Crippen LogP contribution in [0.1, 0.15) is 18.1 Å². The highest BCUT2D eigenvalue weighted by molar-refractivity contribution is 5.85. The van der Waals surface area contributed by atoms with E-state index in [1.165, 1.54) is 11.1 Å². The Hall–Kier alpha value is -0.790. The molecule has 0 unspecified atom stereocenters. The minimum atomic E-state index is 0. The summed E-state index contributed by atoms with van der Waals surface area (Å²) in [5, 5.41) is 0. The molecule has 0 saturated carbocycles. The second-order valence-corrected chi connectivity index (χ2v) is 2.40. The summed E-state index contributed by atoms with van der Waals surface area (Å²) in [6.07, 6.45) is 4.09. The molecule has 1 aromatic carbocycles. The molecular formula is C10H14ClN. The number of hydrogen-bond donors (Lipinski definition) is 1. The number of rotatable bonds is 2. The number of halogens is 1. The first-order valence-corrected chi connectivity index (χ1v) is 3.79. The molecule has 0 bridgehead atoms. The maximum Gasteiger partial charge on any atom is 0.0184 e. The summed E-state index contributed by atoms with van der Waals surface area (Å²) in [7, 11) is 0. The fraction of sp³-hybridized carbons (Fsp3) is 0.200. The van der Waals surface area contributed by atoms with Gasteiger partial charge in [0.2, 0.25) is 0 Å². The van der Waals surface area contributed by atoms with Gasteiger partial charge in [0, 0.05) is 6.54 Å². The van der Waals surface area contributed by atoms with Gasteiger partial charge in [0.15, 0.2) is 0 Å². The molecule has 1 nitrogen and oxygen atoms in total. The van der Waals surface area contributed by atoms with Crippen molar-refractivity contribution in [3.05, 3.63) is 41.5 Å². The normalized spacial score (nSPS) is 9.83. The summed E-state index contributed by atoms with van der Waals surface area (Å²) in [5.41, 5.74) is 7.97. The molecule has 66 valence electrons. The zero-order valence-corrected chi connectivity index (χ0v) is 7.97. The van der Waals surface area contributed by atoms with Gasteiger partial charge >= 0.3 is 0 Å². The van der Waals surface area contributed by atoms with Gasteiger partial charge in [-0.25, -0.2) is 0 Å². The van der Waals surface area contributed by atoms with Crippen molar-refractivity contribution < 1.29 is 0 Å². The fourth-order valence-corrected chi connectivity index (χ4v) is 1.06. The minimum absolute atomic E-state index is 0. The standard InChI is InChI=1S/C10H13N.ClH/c1-2-5-9-6-3-4-7-10(9)8-11;/h2-7H,8,11H2,1H3;1H. The van der Waals surface area contributed by atoms with Gasteiger partial charge in [-0.3, -0.25) is 0 Å². The predicted molar refractivity (Wildman–Crippen MR) is 56.3 cm³/mol. The van der Waals surface area contributed by atoms with Crippen LogP contribution in [0.15, 0.2) is 30.3 Å². The number of hydrogen-bond acceptors (Lipinski definition) is 1. The van der Waals surface area contributed by atoms with E-state index in [1.807, 2.05) is 25.1 Å². The Bertz CT molecular complexity index is 256. The van der Waals surface area contributed by atoms with Crippen molar-refractivity contribution >= 4 is 18.5 Å². The second-order valence-electron chi connectivity index (χ2n) is 2.40. The zero-order valence-electron chi connectivity index (χ0n) is 7.16. The van der Waals surface area contributed by atoms with E-state index in [9.17, 15) is 0 Å².